The van der Waals surface area contributed by atoms with E-state index in [4.69, 9.17) is 0 Å². The standard InChI is InChI=1S/C21H22N2O3S/c1-14-3-4-15(2)18(13-14)27-17-7-5-16(6-8-17)22-19(24)11-12-23-20(25)9-10-21(23)26/h3-8,13H,9-12H2,1-2H3,(H,22,24). The van der Waals surface area contributed by atoms with Gasteiger partial charge in [-0.25, -0.2) is 0 Å². The van der Waals surface area contributed by atoms with Crippen molar-refractivity contribution >= 4 is 35.2 Å². The minimum Gasteiger partial charge on any atom is -0.326 e. The molecule has 140 valence electrons. The van der Waals surface area contributed by atoms with Crippen LogP contribution in [-0.4, -0.2) is 29.2 Å². The molecule has 0 aliphatic carbocycles. The lowest BCUT2D eigenvalue weighted by Crippen LogP contribution is -2.32. The number of hydrogen-bond donors (Lipinski definition) is 1. The summed E-state index contributed by atoms with van der Waals surface area (Å²) in [6, 6.07) is 14.0. The second kappa shape index (κ2) is 8.39. The first kappa shape index (κ1) is 19.2. The SMILES string of the molecule is Cc1ccc(C)c(Sc2ccc(NC(=O)CCN3C(=O)CCC3=O)cc2)c1. The molecule has 27 heavy (non-hydrogen) atoms. The van der Waals surface area contributed by atoms with Gasteiger partial charge in [-0.2, -0.15) is 0 Å². The molecule has 1 saturated heterocycles. The van der Waals surface area contributed by atoms with Gasteiger partial charge in [0.1, 0.15) is 0 Å². The number of imide groups is 1. The van der Waals surface area contributed by atoms with Gasteiger partial charge in [-0.15, -0.1) is 0 Å². The summed E-state index contributed by atoms with van der Waals surface area (Å²) in [5.74, 6) is -0.598. The lowest BCUT2D eigenvalue weighted by atomic mass is 10.2. The minimum atomic E-state index is -0.211. The van der Waals surface area contributed by atoms with E-state index in [1.807, 2.05) is 24.3 Å². The molecule has 2 aromatic rings. The number of aryl methyl sites for hydroxylation is 2. The third kappa shape index (κ3) is 4.98. The first-order valence-corrected chi connectivity index (χ1v) is 9.72. The minimum absolute atomic E-state index is 0.108. The highest BCUT2D eigenvalue weighted by Crippen LogP contribution is 2.31. The molecule has 0 bridgehead atoms. The molecule has 1 aliphatic heterocycles. The molecule has 3 amide bonds. The van der Waals surface area contributed by atoms with Gasteiger partial charge in [-0.05, 0) is 55.3 Å². The third-order valence-electron chi connectivity index (χ3n) is 4.43. The molecular weight excluding hydrogens is 360 g/mol. The normalized spacial score (nSPS) is 13.9. The van der Waals surface area contributed by atoms with Crippen molar-refractivity contribution in [2.75, 3.05) is 11.9 Å². The van der Waals surface area contributed by atoms with Crippen molar-refractivity contribution in [1.29, 1.82) is 0 Å². The quantitative estimate of drug-likeness (QED) is 0.769. The van der Waals surface area contributed by atoms with Crippen LogP contribution >= 0.6 is 11.8 Å². The van der Waals surface area contributed by atoms with Crippen molar-refractivity contribution in [3.63, 3.8) is 0 Å². The summed E-state index contributed by atoms with van der Waals surface area (Å²) in [6.45, 7) is 4.31. The molecule has 1 fully saturated rings. The Hall–Kier alpha value is -2.60. The van der Waals surface area contributed by atoms with Crippen LogP contribution in [0.1, 0.15) is 30.4 Å². The maximum Gasteiger partial charge on any atom is 0.229 e. The predicted molar refractivity (Wildman–Crippen MR) is 106 cm³/mol. The number of nitrogens with one attached hydrogen (secondary N) is 1. The van der Waals surface area contributed by atoms with Gasteiger partial charge in [0.15, 0.2) is 0 Å². The Balaban J connectivity index is 1.54. The number of nitrogens with zero attached hydrogens (tertiary/aromatic N) is 1. The molecule has 0 radical (unpaired) electrons. The summed E-state index contributed by atoms with van der Waals surface area (Å²) in [5, 5.41) is 2.81. The van der Waals surface area contributed by atoms with Gasteiger partial charge >= 0.3 is 0 Å². The maximum atomic E-state index is 12.1. The number of carbonyl (C=O) groups is 3. The average molecular weight is 382 g/mol. The number of carbonyl (C=O) groups excluding carboxylic acids is 3. The fourth-order valence-corrected chi connectivity index (χ4v) is 3.86. The number of hydrogen-bond acceptors (Lipinski definition) is 4. The van der Waals surface area contributed by atoms with Crippen LogP contribution in [0.4, 0.5) is 5.69 Å². The highest BCUT2D eigenvalue weighted by atomic mass is 32.2. The fourth-order valence-electron chi connectivity index (χ4n) is 2.86. The summed E-state index contributed by atoms with van der Waals surface area (Å²) in [7, 11) is 0. The van der Waals surface area contributed by atoms with Crippen molar-refractivity contribution in [3.8, 4) is 0 Å². The molecule has 5 nitrogen and oxygen atoms in total. The molecule has 0 spiro atoms. The van der Waals surface area contributed by atoms with Gasteiger partial charge in [0.05, 0.1) is 0 Å². The van der Waals surface area contributed by atoms with Crippen LogP contribution in [0.25, 0.3) is 0 Å². The van der Waals surface area contributed by atoms with E-state index in [0.717, 1.165) is 4.90 Å². The lowest BCUT2D eigenvalue weighted by molar-refractivity contribution is -0.138. The zero-order valence-electron chi connectivity index (χ0n) is 15.5. The molecular formula is C21H22N2O3S. The Labute approximate surface area is 163 Å². The van der Waals surface area contributed by atoms with Crippen molar-refractivity contribution in [2.24, 2.45) is 0 Å². The van der Waals surface area contributed by atoms with Gasteiger partial charge in [-0.3, -0.25) is 19.3 Å². The van der Waals surface area contributed by atoms with E-state index in [1.165, 1.54) is 20.9 Å². The van der Waals surface area contributed by atoms with Crippen LogP contribution in [0.5, 0.6) is 0 Å². The molecule has 0 saturated carbocycles. The van der Waals surface area contributed by atoms with Gasteiger partial charge in [0.25, 0.3) is 0 Å². The molecule has 0 aromatic heterocycles. The Morgan fingerprint density at radius 2 is 1.70 bits per heavy atom. The van der Waals surface area contributed by atoms with Crippen molar-refractivity contribution in [3.05, 3.63) is 53.6 Å². The molecule has 6 heteroatoms. The highest BCUT2D eigenvalue weighted by molar-refractivity contribution is 7.99. The van der Waals surface area contributed by atoms with Gasteiger partial charge in [0, 0.05) is 41.3 Å². The van der Waals surface area contributed by atoms with Crippen molar-refractivity contribution in [2.45, 2.75) is 42.9 Å². The summed E-state index contributed by atoms with van der Waals surface area (Å²) in [5.41, 5.74) is 3.15. The van der Waals surface area contributed by atoms with Crippen LogP contribution in [0.2, 0.25) is 0 Å². The molecule has 1 N–H and O–H groups in total. The predicted octanol–water partition coefficient (Wildman–Crippen LogP) is 3.93. The van der Waals surface area contributed by atoms with Crippen LogP contribution < -0.4 is 5.32 Å². The Bertz CT molecular complexity index is 861. The summed E-state index contributed by atoms with van der Waals surface area (Å²) < 4.78 is 0. The second-order valence-corrected chi connectivity index (χ2v) is 7.75. The molecule has 1 aliphatic rings. The second-order valence-electron chi connectivity index (χ2n) is 6.63. The number of amides is 3. The van der Waals surface area contributed by atoms with Gasteiger partial charge in [-0.1, -0.05) is 23.9 Å². The molecule has 0 atom stereocenters. The van der Waals surface area contributed by atoms with Crippen LogP contribution in [-0.2, 0) is 14.4 Å². The fraction of sp³-hybridized carbons (Fsp3) is 0.286. The summed E-state index contributed by atoms with van der Waals surface area (Å²) in [4.78, 5) is 38.7. The van der Waals surface area contributed by atoms with E-state index in [-0.39, 0.29) is 43.5 Å². The van der Waals surface area contributed by atoms with E-state index in [2.05, 4.69) is 37.4 Å². The first-order chi connectivity index (χ1) is 12.9. The average Bonchev–Trinajstić information content (AvgIpc) is 2.96. The van der Waals surface area contributed by atoms with E-state index >= 15 is 0 Å². The van der Waals surface area contributed by atoms with Crippen molar-refractivity contribution < 1.29 is 14.4 Å². The lowest BCUT2D eigenvalue weighted by Gasteiger charge is -2.13. The van der Waals surface area contributed by atoms with E-state index < -0.39 is 0 Å². The molecule has 3 rings (SSSR count). The van der Waals surface area contributed by atoms with Gasteiger partial charge in [0.2, 0.25) is 17.7 Å². The Morgan fingerprint density at radius 3 is 2.37 bits per heavy atom. The molecule has 0 unspecified atom stereocenters. The largest absolute Gasteiger partial charge is 0.326 e. The smallest absolute Gasteiger partial charge is 0.229 e. The maximum absolute atomic E-state index is 12.1. The van der Waals surface area contributed by atoms with E-state index in [9.17, 15) is 14.4 Å². The van der Waals surface area contributed by atoms with Crippen LogP contribution in [0.15, 0.2) is 52.3 Å². The summed E-state index contributed by atoms with van der Waals surface area (Å²) >= 11 is 1.69. The highest BCUT2D eigenvalue weighted by Gasteiger charge is 2.28. The Kier molecular flexibility index (Phi) is 5.96. The van der Waals surface area contributed by atoms with Crippen LogP contribution in [0.3, 0.4) is 0 Å². The number of benzene rings is 2. The first-order valence-electron chi connectivity index (χ1n) is 8.90. The number of anilines is 1. The van der Waals surface area contributed by atoms with Gasteiger partial charge < -0.3 is 5.32 Å². The van der Waals surface area contributed by atoms with Crippen molar-refractivity contribution in [1.82, 2.24) is 4.90 Å². The zero-order valence-corrected chi connectivity index (χ0v) is 16.3. The van der Waals surface area contributed by atoms with E-state index in [0.29, 0.717) is 5.69 Å². The molecule has 1 heterocycles. The summed E-state index contributed by atoms with van der Waals surface area (Å²) in [6.07, 6.45) is 0.608. The monoisotopic (exact) mass is 382 g/mol. The number of likely N-dealkylation sites (tertiary alicyclic amines) is 1. The Morgan fingerprint density at radius 1 is 1.04 bits per heavy atom. The van der Waals surface area contributed by atoms with E-state index in [1.54, 1.807) is 11.8 Å². The van der Waals surface area contributed by atoms with Crippen LogP contribution in [0, 0.1) is 13.8 Å². The zero-order chi connectivity index (χ0) is 19.4. The topological polar surface area (TPSA) is 66.5 Å². The number of rotatable bonds is 6. The third-order valence-corrected chi connectivity index (χ3v) is 5.59. The molecule has 2 aromatic carbocycles.